The molecule has 2 aromatic carbocycles. The standard InChI is InChI=1S/C18H20O2/c1-2-14-20-17-11-9-16(10-12-17)18(19)13-8-15-6-4-3-5-7-15/h3-7,9-12H,2,8,13-14H2,1H3. The van der Waals surface area contributed by atoms with Crippen LogP contribution in [0.5, 0.6) is 5.75 Å². The lowest BCUT2D eigenvalue weighted by atomic mass is 10.0. The van der Waals surface area contributed by atoms with Crippen LogP contribution in [0.25, 0.3) is 0 Å². The third-order valence-electron chi connectivity index (χ3n) is 3.13. The van der Waals surface area contributed by atoms with Gasteiger partial charge in [0.25, 0.3) is 0 Å². The van der Waals surface area contributed by atoms with Crippen LogP contribution in [0.3, 0.4) is 0 Å². The Hall–Kier alpha value is -2.09. The Kier molecular flexibility index (Phi) is 5.36. The maximum absolute atomic E-state index is 12.1. The number of ether oxygens (including phenoxy) is 1. The van der Waals surface area contributed by atoms with Crippen molar-refractivity contribution in [3.63, 3.8) is 0 Å². The van der Waals surface area contributed by atoms with Gasteiger partial charge >= 0.3 is 0 Å². The Morgan fingerprint density at radius 2 is 1.70 bits per heavy atom. The molecule has 20 heavy (non-hydrogen) atoms. The van der Waals surface area contributed by atoms with Gasteiger partial charge in [-0.2, -0.15) is 0 Å². The summed E-state index contributed by atoms with van der Waals surface area (Å²) in [7, 11) is 0. The molecule has 0 bridgehead atoms. The number of carbonyl (C=O) groups excluding carboxylic acids is 1. The molecule has 0 radical (unpaired) electrons. The van der Waals surface area contributed by atoms with E-state index in [1.165, 1.54) is 5.56 Å². The smallest absolute Gasteiger partial charge is 0.163 e. The SMILES string of the molecule is CCCOc1ccc(C(=O)CCc2ccccc2)cc1. The number of hydrogen-bond acceptors (Lipinski definition) is 2. The monoisotopic (exact) mass is 268 g/mol. The molecule has 2 rings (SSSR count). The first kappa shape index (κ1) is 14.3. The molecule has 104 valence electrons. The van der Waals surface area contributed by atoms with Crippen molar-refractivity contribution in [1.29, 1.82) is 0 Å². The fourth-order valence-corrected chi connectivity index (χ4v) is 2.00. The topological polar surface area (TPSA) is 26.3 Å². The predicted molar refractivity (Wildman–Crippen MR) is 81.3 cm³/mol. The van der Waals surface area contributed by atoms with E-state index >= 15 is 0 Å². The molecular formula is C18H20O2. The summed E-state index contributed by atoms with van der Waals surface area (Å²) in [6.45, 7) is 2.78. The third kappa shape index (κ3) is 4.23. The fraction of sp³-hybridized carbons (Fsp3) is 0.278. The van der Waals surface area contributed by atoms with E-state index < -0.39 is 0 Å². The molecule has 0 heterocycles. The van der Waals surface area contributed by atoms with Gasteiger partial charge in [0, 0.05) is 12.0 Å². The van der Waals surface area contributed by atoms with Gasteiger partial charge in [-0.15, -0.1) is 0 Å². The van der Waals surface area contributed by atoms with E-state index in [0.717, 1.165) is 24.2 Å². The minimum absolute atomic E-state index is 0.177. The molecule has 0 amide bonds. The largest absolute Gasteiger partial charge is 0.494 e. The maximum Gasteiger partial charge on any atom is 0.163 e. The number of carbonyl (C=O) groups is 1. The molecule has 0 saturated carbocycles. The molecule has 0 unspecified atom stereocenters. The number of ketones is 1. The van der Waals surface area contributed by atoms with Crippen LogP contribution in [-0.2, 0) is 6.42 Å². The second-order valence-corrected chi connectivity index (χ2v) is 4.78. The lowest BCUT2D eigenvalue weighted by Gasteiger charge is -2.06. The first-order valence-corrected chi connectivity index (χ1v) is 7.09. The molecular weight excluding hydrogens is 248 g/mol. The van der Waals surface area contributed by atoms with E-state index in [4.69, 9.17) is 4.74 Å². The van der Waals surface area contributed by atoms with Gasteiger partial charge in [-0.05, 0) is 42.7 Å². The zero-order chi connectivity index (χ0) is 14.2. The number of benzene rings is 2. The summed E-state index contributed by atoms with van der Waals surface area (Å²) in [5.74, 6) is 1.00. The fourth-order valence-electron chi connectivity index (χ4n) is 2.00. The average molecular weight is 268 g/mol. The lowest BCUT2D eigenvalue weighted by molar-refractivity contribution is 0.0983. The van der Waals surface area contributed by atoms with E-state index in [9.17, 15) is 4.79 Å². The average Bonchev–Trinajstić information content (AvgIpc) is 2.52. The van der Waals surface area contributed by atoms with E-state index in [2.05, 4.69) is 19.1 Å². The summed E-state index contributed by atoms with van der Waals surface area (Å²) in [6.07, 6.45) is 2.31. The zero-order valence-electron chi connectivity index (χ0n) is 11.8. The van der Waals surface area contributed by atoms with Crippen molar-refractivity contribution in [2.24, 2.45) is 0 Å². The van der Waals surface area contributed by atoms with Crippen LogP contribution in [0.1, 0.15) is 35.7 Å². The van der Waals surface area contributed by atoms with E-state index in [1.807, 2.05) is 42.5 Å². The van der Waals surface area contributed by atoms with Crippen LogP contribution in [0.2, 0.25) is 0 Å². The second kappa shape index (κ2) is 7.49. The van der Waals surface area contributed by atoms with Gasteiger partial charge in [-0.1, -0.05) is 37.3 Å². The molecule has 0 fully saturated rings. The Morgan fingerprint density at radius 1 is 1.00 bits per heavy atom. The van der Waals surface area contributed by atoms with Crippen LogP contribution in [0.4, 0.5) is 0 Å². The minimum Gasteiger partial charge on any atom is -0.494 e. The summed E-state index contributed by atoms with van der Waals surface area (Å²) in [6, 6.07) is 17.5. The van der Waals surface area contributed by atoms with Gasteiger partial charge in [0.05, 0.1) is 6.61 Å². The van der Waals surface area contributed by atoms with Gasteiger partial charge in [-0.25, -0.2) is 0 Å². The van der Waals surface area contributed by atoms with Gasteiger partial charge in [0.1, 0.15) is 5.75 Å². The molecule has 0 spiro atoms. The Morgan fingerprint density at radius 3 is 2.35 bits per heavy atom. The molecule has 0 N–H and O–H groups in total. The predicted octanol–water partition coefficient (Wildman–Crippen LogP) is 4.29. The highest BCUT2D eigenvalue weighted by atomic mass is 16.5. The van der Waals surface area contributed by atoms with Gasteiger partial charge in [0.2, 0.25) is 0 Å². The highest BCUT2D eigenvalue weighted by Crippen LogP contribution is 2.14. The first-order chi connectivity index (χ1) is 9.79. The molecule has 2 heteroatoms. The highest BCUT2D eigenvalue weighted by molar-refractivity contribution is 5.96. The Bertz CT molecular complexity index is 529. The van der Waals surface area contributed by atoms with Crippen LogP contribution in [-0.4, -0.2) is 12.4 Å². The number of aryl methyl sites for hydroxylation is 1. The van der Waals surface area contributed by atoms with Crippen molar-refractivity contribution in [2.45, 2.75) is 26.2 Å². The highest BCUT2D eigenvalue weighted by Gasteiger charge is 2.06. The molecule has 0 aliphatic heterocycles. The summed E-state index contributed by atoms with van der Waals surface area (Å²) in [5, 5.41) is 0. The molecule has 2 nitrogen and oxygen atoms in total. The third-order valence-corrected chi connectivity index (χ3v) is 3.13. The maximum atomic E-state index is 12.1. The summed E-state index contributed by atoms with van der Waals surface area (Å²) in [5.41, 5.74) is 1.95. The molecule has 0 atom stereocenters. The number of rotatable bonds is 7. The molecule has 2 aromatic rings. The van der Waals surface area contributed by atoms with Crippen molar-refractivity contribution in [1.82, 2.24) is 0 Å². The molecule has 0 aliphatic rings. The van der Waals surface area contributed by atoms with Crippen LogP contribution in [0, 0.1) is 0 Å². The quantitative estimate of drug-likeness (QED) is 0.700. The summed E-state index contributed by atoms with van der Waals surface area (Å²) >= 11 is 0. The molecule has 0 aliphatic carbocycles. The van der Waals surface area contributed by atoms with Crippen molar-refractivity contribution in [3.8, 4) is 5.75 Å². The first-order valence-electron chi connectivity index (χ1n) is 7.09. The van der Waals surface area contributed by atoms with Crippen molar-refractivity contribution in [2.75, 3.05) is 6.61 Å². The van der Waals surface area contributed by atoms with Gasteiger partial charge in [-0.3, -0.25) is 4.79 Å². The van der Waals surface area contributed by atoms with Crippen molar-refractivity contribution < 1.29 is 9.53 Å². The Labute approximate surface area is 120 Å². The van der Waals surface area contributed by atoms with Gasteiger partial charge in [0.15, 0.2) is 5.78 Å². The minimum atomic E-state index is 0.177. The van der Waals surface area contributed by atoms with Crippen molar-refractivity contribution >= 4 is 5.78 Å². The molecule has 0 saturated heterocycles. The van der Waals surface area contributed by atoms with Crippen LogP contribution >= 0.6 is 0 Å². The molecule has 0 aromatic heterocycles. The van der Waals surface area contributed by atoms with Gasteiger partial charge < -0.3 is 4.74 Å². The van der Waals surface area contributed by atoms with E-state index in [1.54, 1.807) is 0 Å². The van der Waals surface area contributed by atoms with Crippen molar-refractivity contribution in [3.05, 3.63) is 65.7 Å². The summed E-state index contributed by atoms with van der Waals surface area (Å²) < 4.78 is 5.51. The van der Waals surface area contributed by atoms with E-state index in [-0.39, 0.29) is 5.78 Å². The van der Waals surface area contributed by atoms with E-state index in [0.29, 0.717) is 13.0 Å². The number of Topliss-reactive ketones (excluding diaryl/α,β-unsaturated/α-hetero) is 1. The lowest BCUT2D eigenvalue weighted by Crippen LogP contribution is -2.01. The number of hydrogen-bond donors (Lipinski definition) is 0. The zero-order valence-corrected chi connectivity index (χ0v) is 11.8. The van der Waals surface area contributed by atoms with Crippen LogP contribution < -0.4 is 4.74 Å². The Balaban J connectivity index is 1.89. The summed E-state index contributed by atoms with van der Waals surface area (Å²) in [4.78, 5) is 12.1. The van der Waals surface area contributed by atoms with Crippen LogP contribution in [0.15, 0.2) is 54.6 Å². The normalized spacial score (nSPS) is 10.2. The second-order valence-electron chi connectivity index (χ2n) is 4.78.